The van der Waals surface area contributed by atoms with Crippen molar-refractivity contribution in [3.63, 3.8) is 0 Å². The molecule has 7 nitrogen and oxygen atoms in total. The van der Waals surface area contributed by atoms with Crippen molar-refractivity contribution < 1.29 is 9.90 Å². The molecule has 1 saturated heterocycles. The number of hydrogen-bond donors (Lipinski definition) is 3. The highest BCUT2D eigenvalue weighted by molar-refractivity contribution is 5.98. The molecule has 0 aromatic heterocycles. The Hall–Kier alpha value is -2.28. The van der Waals surface area contributed by atoms with Crippen LogP contribution >= 0.6 is 0 Å². The molecule has 0 aromatic carbocycles. The lowest BCUT2D eigenvalue weighted by molar-refractivity contribution is -0.123. The Labute approximate surface area is 173 Å². The van der Waals surface area contributed by atoms with E-state index in [0.29, 0.717) is 5.41 Å². The van der Waals surface area contributed by atoms with Gasteiger partial charge < -0.3 is 20.6 Å². The van der Waals surface area contributed by atoms with Gasteiger partial charge in [0, 0.05) is 30.5 Å². The lowest BCUT2D eigenvalue weighted by atomic mass is 9.86. The summed E-state index contributed by atoms with van der Waals surface area (Å²) in [4.78, 5) is 14.9. The lowest BCUT2D eigenvalue weighted by Gasteiger charge is -2.33. The molecule has 4 aliphatic rings. The zero-order chi connectivity index (χ0) is 20.6. The van der Waals surface area contributed by atoms with Crippen LogP contribution in [0.25, 0.3) is 0 Å². The van der Waals surface area contributed by atoms with Gasteiger partial charge in [-0.25, -0.2) is 0 Å². The molecule has 2 atom stereocenters. The number of carbonyl (C=O) groups excluding carboxylic acids is 1. The fourth-order valence-corrected chi connectivity index (χ4v) is 5.15. The predicted octanol–water partition coefficient (Wildman–Crippen LogP) is 2.04. The van der Waals surface area contributed by atoms with Gasteiger partial charge in [0.05, 0.1) is 0 Å². The fraction of sp³-hybridized carbons (Fsp3) is 0.636. The number of dihydropyridines is 1. The number of hydrazone groups is 1. The molecule has 158 valence electrons. The standard InChI is InChI=1S/C22H33N5O2/c1-15-10-20(29)27(13-19(28)24-18-11-16(2)23-17(3)12-18)25-21(15)26-9-8-22(14-26)6-4-5-7-22/h10-12,16,20,23,29H,4-9,13-14H2,1-3H3,(H,24,28). The van der Waals surface area contributed by atoms with Crippen molar-refractivity contribution in [1.29, 1.82) is 0 Å². The summed E-state index contributed by atoms with van der Waals surface area (Å²) in [7, 11) is 0. The smallest absolute Gasteiger partial charge is 0.245 e. The van der Waals surface area contributed by atoms with E-state index < -0.39 is 6.23 Å². The van der Waals surface area contributed by atoms with Crippen LogP contribution in [0.15, 0.2) is 40.3 Å². The molecule has 29 heavy (non-hydrogen) atoms. The molecule has 1 amide bonds. The van der Waals surface area contributed by atoms with Crippen LogP contribution in [0, 0.1) is 5.41 Å². The van der Waals surface area contributed by atoms with Crippen molar-refractivity contribution in [2.75, 3.05) is 19.6 Å². The van der Waals surface area contributed by atoms with Crippen molar-refractivity contribution in [2.45, 2.75) is 65.1 Å². The van der Waals surface area contributed by atoms with Gasteiger partial charge in [-0.05, 0) is 69.2 Å². The first-order valence-corrected chi connectivity index (χ1v) is 10.8. The number of hydrogen-bond acceptors (Lipinski definition) is 6. The molecule has 0 aromatic rings. The predicted molar refractivity (Wildman–Crippen MR) is 114 cm³/mol. The van der Waals surface area contributed by atoms with E-state index in [1.165, 1.54) is 37.1 Å². The molecule has 1 spiro atoms. The van der Waals surface area contributed by atoms with Crippen LogP contribution in [-0.4, -0.2) is 58.7 Å². The SMILES string of the molecule is CC1=CC(NC(=O)CN2N=C(N3CCC4(CCCC4)C3)C(C)=CC2O)=CC(C)N1. The Morgan fingerprint density at radius 1 is 1.31 bits per heavy atom. The van der Waals surface area contributed by atoms with Crippen molar-refractivity contribution in [3.8, 4) is 0 Å². The highest BCUT2D eigenvalue weighted by Crippen LogP contribution is 2.45. The largest absolute Gasteiger partial charge is 0.383 e. The van der Waals surface area contributed by atoms with E-state index in [1.54, 1.807) is 6.08 Å². The molecule has 0 bridgehead atoms. The number of allylic oxidation sites excluding steroid dienone is 2. The Bertz CT molecular complexity index is 791. The van der Waals surface area contributed by atoms with E-state index in [-0.39, 0.29) is 18.5 Å². The number of nitrogens with one attached hydrogen (secondary N) is 2. The summed E-state index contributed by atoms with van der Waals surface area (Å²) in [6.07, 6.45) is 11.3. The molecule has 4 rings (SSSR count). The summed E-state index contributed by atoms with van der Waals surface area (Å²) in [6.45, 7) is 8.06. The minimum absolute atomic E-state index is 0.0134. The number of aliphatic hydroxyl groups excluding tert-OH is 1. The van der Waals surface area contributed by atoms with Gasteiger partial charge in [0.25, 0.3) is 0 Å². The molecule has 3 aliphatic heterocycles. The first-order valence-electron chi connectivity index (χ1n) is 10.8. The molecule has 0 radical (unpaired) electrons. The second-order valence-corrected chi connectivity index (χ2v) is 9.09. The molecular weight excluding hydrogens is 366 g/mol. The molecule has 2 fully saturated rings. The number of likely N-dealkylation sites (tertiary alicyclic amines) is 1. The highest BCUT2D eigenvalue weighted by atomic mass is 16.3. The van der Waals surface area contributed by atoms with Gasteiger partial charge in [-0.15, -0.1) is 0 Å². The summed E-state index contributed by atoms with van der Waals surface area (Å²) >= 11 is 0. The Morgan fingerprint density at radius 2 is 2.07 bits per heavy atom. The van der Waals surface area contributed by atoms with Gasteiger partial charge in [0.2, 0.25) is 5.91 Å². The average molecular weight is 400 g/mol. The van der Waals surface area contributed by atoms with Gasteiger partial charge in [0.15, 0.2) is 12.1 Å². The van der Waals surface area contributed by atoms with Crippen molar-refractivity contribution in [2.24, 2.45) is 10.5 Å². The van der Waals surface area contributed by atoms with Crippen molar-refractivity contribution >= 4 is 11.7 Å². The van der Waals surface area contributed by atoms with E-state index in [0.717, 1.165) is 35.9 Å². The summed E-state index contributed by atoms with van der Waals surface area (Å²) in [5.41, 5.74) is 3.23. The summed E-state index contributed by atoms with van der Waals surface area (Å²) in [6, 6.07) is 0.171. The molecule has 2 unspecified atom stereocenters. The second-order valence-electron chi connectivity index (χ2n) is 9.09. The van der Waals surface area contributed by atoms with E-state index in [4.69, 9.17) is 5.10 Å². The van der Waals surface area contributed by atoms with Crippen LogP contribution in [0.2, 0.25) is 0 Å². The zero-order valence-electron chi connectivity index (χ0n) is 17.7. The van der Waals surface area contributed by atoms with Crippen LogP contribution in [0.5, 0.6) is 0 Å². The number of nitrogens with zero attached hydrogens (tertiary/aromatic N) is 3. The van der Waals surface area contributed by atoms with E-state index in [2.05, 4.69) is 15.5 Å². The number of amides is 1. The summed E-state index contributed by atoms with van der Waals surface area (Å²) < 4.78 is 0. The van der Waals surface area contributed by atoms with E-state index in [9.17, 15) is 9.90 Å². The normalized spacial score (nSPS) is 28.6. The second kappa shape index (κ2) is 7.86. The van der Waals surface area contributed by atoms with Crippen molar-refractivity contribution in [3.05, 3.63) is 35.2 Å². The van der Waals surface area contributed by atoms with E-state index in [1.807, 2.05) is 32.9 Å². The zero-order valence-corrected chi connectivity index (χ0v) is 17.7. The first kappa shape index (κ1) is 20.0. The number of rotatable bonds is 3. The summed E-state index contributed by atoms with van der Waals surface area (Å²) in [5, 5.41) is 22.8. The monoisotopic (exact) mass is 399 g/mol. The maximum atomic E-state index is 12.6. The minimum atomic E-state index is -0.884. The van der Waals surface area contributed by atoms with Crippen LogP contribution in [-0.2, 0) is 4.79 Å². The highest BCUT2D eigenvalue weighted by Gasteiger charge is 2.42. The number of amidine groups is 1. The topological polar surface area (TPSA) is 80.2 Å². The summed E-state index contributed by atoms with van der Waals surface area (Å²) in [5.74, 6) is 0.718. The average Bonchev–Trinajstić information content (AvgIpc) is 3.26. The molecule has 3 N–H and O–H groups in total. The fourth-order valence-electron chi connectivity index (χ4n) is 5.15. The Kier molecular flexibility index (Phi) is 5.42. The van der Waals surface area contributed by atoms with Gasteiger partial charge in [-0.2, -0.15) is 5.10 Å². The third-order valence-electron chi connectivity index (χ3n) is 6.53. The third-order valence-corrected chi connectivity index (χ3v) is 6.53. The van der Waals surface area contributed by atoms with Crippen LogP contribution < -0.4 is 10.6 Å². The van der Waals surface area contributed by atoms with Gasteiger partial charge in [-0.3, -0.25) is 9.80 Å². The maximum absolute atomic E-state index is 12.6. The molecular formula is C22H33N5O2. The van der Waals surface area contributed by atoms with Crippen LogP contribution in [0.3, 0.4) is 0 Å². The molecule has 3 heterocycles. The molecule has 1 saturated carbocycles. The Balaban J connectivity index is 1.42. The van der Waals surface area contributed by atoms with Gasteiger partial charge in [-0.1, -0.05) is 12.8 Å². The third kappa shape index (κ3) is 4.34. The lowest BCUT2D eigenvalue weighted by Crippen LogP contribution is -2.45. The number of aliphatic hydroxyl groups is 1. The Morgan fingerprint density at radius 3 is 2.79 bits per heavy atom. The van der Waals surface area contributed by atoms with E-state index >= 15 is 0 Å². The van der Waals surface area contributed by atoms with Gasteiger partial charge in [0.1, 0.15) is 6.54 Å². The maximum Gasteiger partial charge on any atom is 0.245 e. The first-order chi connectivity index (χ1) is 13.8. The van der Waals surface area contributed by atoms with Crippen molar-refractivity contribution in [1.82, 2.24) is 20.5 Å². The van der Waals surface area contributed by atoms with Gasteiger partial charge >= 0.3 is 0 Å². The van der Waals surface area contributed by atoms with Crippen LogP contribution in [0.4, 0.5) is 0 Å². The minimum Gasteiger partial charge on any atom is -0.383 e. The molecule has 1 aliphatic carbocycles. The number of carbonyl (C=O) groups is 1. The van der Waals surface area contributed by atoms with Crippen LogP contribution in [0.1, 0.15) is 52.9 Å². The molecule has 7 heteroatoms. The quantitative estimate of drug-likeness (QED) is 0.677.